The molecule has 0 bridgehead atoms. The highest BCUT2D eigenvalue weighted by molar-refractivity contribution is 5.77. The van der Waals surface area contributed by atoms with Crippen molar-refractivity contribution in [3.05, 3.63) is 0 Å². The molecule has 1 aliphatic rings. The summed E-state index contributed by atoms with van der Waals surface area (Å²) in [5.74, 6) is 0.197. The molecule has 2 amide bonds. The molecule has 0 heterocycles. The normalized spacial score (nSPS) is 17.4. The van der Waals surface area contributed by atoms with Crippen molar-refractivity contribution < 1.29 is 14.3 Å². The van der Waals surface area contributed by atoms with Gasteiger partial charge in [0.2, 0.25) is 5.91 Å². The van der Waals surface area contributed by atoms with E-state index in [1.807, 2.05) is 39.5 Å². The van der Waals surface area contributed by atoms with Gasteiger partial charge in [-0.25, -0.2) is 4.79 Å². The van der Waals surface area contributed by atoms with E-state index in [1.165, 1.54) is 6.42 Å². The van der Waals surface area contributed by atoms with E-state index in [0.717, 1.165) is 38.8 Å². The Morgan fingerprint density at radius 1 is 1.09 bits per heavy atom. The van der Waals surface area contributed by atoms with Crippen molar-refractivity contribution in [2.45, 2.75) is 78.7 Å². The lowest BCUT2D eigenvalue weighted by molar-refractivity contribution is -0.134. The third-order valence-corrected chi connectivity index (χ3v) is 4.56. The second-order valence-electron chi connectivity index (χ2n) is 7.66. The van der Waals surface area contributed by atoms with Gasteiger partial charge in [0.15, 0.2) is 0 Å². The summed E-state index contributed by atoms with van der Waals surface area (Å²) in [6, 6.07) is 0. The monoisotopic (exact) mass is 326 g/mol. The summed E-state index contributed by atoms with van der Waals surface area (Å²) in [7, 11) is 0. The SMILES string of the molecule is CCN(CC)C(=O)CC1(CNC(=O)OC(C)(C)C)CCCCC1. The summed E-state index contributed by atoms with van der Waals surface area (Å²) in [5, 5.41) is 2.90. The molecule has 134 valence electrons. The minimum absolute atomic E-state index is 0.116. The van der Waals surface area contributed by atoms with Crippen LogP contribution in [0.4, 0.5) is 4.79 Å². The molecule has 0 radical (unpaired) electrons. The molecule has 0 aliphatic heterocycles. The second kappa shape index (κ2) is 8.55. The molecule has 1 saturated carbocycles. The first kappa shape index (κ1) is 19.8. The lowest BCUT2D eigenvalue weighted by atomic mass is 9.71. The van der Waals surface area contributed by atoms with Gasteiger partial charge in [0.25, 0.3) is 0 Å². The maximum Gasteiger partial charge on any atom is 0.407 e. The predicted octanol–water partition coefficient (Wildman–Crippen LogP) is 3.72. The molecular formula is C18H34N2O3. The van der Waals surface area contributed by atoms with Gasteiger partial charge in [-0.1, -0.05) is 19.3 Å². The van der Waals surface area contributed by atoms with Gasteiger partial charge in [0, 0.05) is 26.1 Å². The van der Waals surface area contributed by atoms with Crippen molar-refractivity contribution >= 4 is 12.0 Å². The fourth-order valence-electron chi connectivity index (χ4n) is 3.30. The zero-order valence-electron chi connectivity index (χ0n) is 15.5. The lowest BCUT2D eigenvalue weighted by Crippen LogP contribution is -2.44. The van der Waals surface area contributed by atoms with Crippen molar-refractivity contribution in [1.82, 2.24) is 10.2 Å². The van der Waals surface area contributed by atoms with E-state index in [-0.39, 0.29) is 11.3 Å². The van der Waals surface area contributed by atoms with Crippen molar-refractivity contribution in [3.8, 4) is 0 Å². The van der Waals surface area contributed by atoms with E-state index < -0.39 is 11.7 Å². The summed E-state index contributed by atoms with van der Waals surface area (Å²) in [6.45, 7) is 11.6. The minimum Gasteiger partial charge on any atom is -0.444 e. The van der Waals surface area contributed by atoms with Crippen LogP contribution in [-0.4, -0.2) is 42.1 Å². The number of carbonyl (C=O) groups is 2. The van der Waals surface area contributed by atoms with Crippen LogP contribution >= 0.6 is 0 Å². The number of hydrogen-bond donors (Lipinski definition) is 1. The first-order valence-electron chi connectivity index (χ1n) is 8.96. The third kappa shape index (κ3) is 6.80. The maximum atomic E-state index is 12.5. The summed E-state index contributed by atoms with van der Waals surface area (Å²) >= 11 is 0. The second-order valence-corrected chi connectivity index (χ2v) is 7.66. The van der Waals surface area contributed by atoms with Gasteiger partial charge >= 0.3 is 6.09 Å². The van der Waals surface area contributed by atoms with Crippen molar-refractivity contribution in [1.29, 1.82) is 0 Å². The van der Waals surface area contributed by atoms with Gasteiger partial charge in [-0.15, -0.1) is 0 Å². The Balaban J connectivity index is 2.67. The van der Waals surface area contributed by atoms with Crippen LogP contribution in [-0.2, 0) is 9.53 Å². The Kier molecular flexibility index (Phi) is 7.36. The number of nitrogens with one attached hydrogen (secondary N) is 1. The molecule has 0 aromatic rings. The number of ether oxygens (including phenoxy) is 1. The van der Waals surface area contributed by atoms with Crippen LogP contribution in [0.2, 0.25) is 0 Å². The molecule has 5 nitrogen and oxygen atoms in total. The molecule has 0 saturated heterocycles. The van der Waals surface area contributed by atoms with Crippen LogP contribution in [0.25, 0.3) is 0 Å². The van der Waals surface area contributed by atoms with E-state index in [2.05, 4.69) is 5.32 Å². The van der Waals surface area contributed by atoms with Crippen LogP contribution in [0.1, 0.15) is 73.1 Å². The molecule has 1 fully saturated rings. The maximum absolute atomic E-state index is 12.5. The predicted molar refractivity (Wildman–Crippen MR) is 92.3 cm³/mol. The molecule has 0 unspecified atom stereocenters. The molecule has 1 aliphatic carbocycles. The van der Waals surface area contributed by atoms with E-state index in [1.54, 1.807) is 0 Å². The summed E-state index contributed by atoms with van der Waals surface area (Å²) < 4.78 is 5.32. The first-order chi connectivity index (χ1) is 10.7. The molecule has 0 atom stereocenters. The number of nitrogens with zero attached hydrogens (tertiary/aromatic N) is 1. The zero-order valence-corrected chi connectivity index (χ0v) is 15.5. The number of hydrogen-bond acceptors (Lipinski definition) is 3. The van der Waals surface area contributed by atoms with E-state index in [0.29, 0.717) is 13.0 Å². The Morgan fingerprint density at radius 3 is 2.13 bits per heavy atom. The fourth-order valence-corrected chi connectivity index (χ4v) is 3.30. The Bertz CT molecular complexity index is 392. The quantitative estimate of drug-likeness (QED) is 0.809. The number of amides is 2. The Labute approximate surface area is 141 Å². The number of rotatable bonds is 6. The van der Waals surface area contributed by atoms with Gasteiger partial charge in [-0.05, 0) is 52.9 Å². The average Bonchev–Trinajstić information content (AvgIpc) is 2.46. The highest BCUT2D eigenvalue weighted by Crippen LogP contribution is 2.39. The molecule has 0 aromatic heterocycles. The van der Waals surface area contributed by atoms with Crippen LogP contribution in [0.15, 0.2) is 0 Å². The Morgan fingerprint density at radius 2 is 1.65 bits per heavy atom. The largest absolute Gasteiger partial charge is 0.444 e. The Hall–Kier alpha value is -1.26. The molecule has 1 rings (SSSR count). The zero-order chi connectivity index (χ0) is 17.5. The van der Waals surface area contributed by atoms with Crippen LogP contribution in [0.5, 0.6) is 0 Å². The molecular weight excluding hydrogens is 292 g/mol. The van der Waals surface area contributed by atoms with Crippen molar-refractivity contribution in [2.75, 3.05) is 19.6 Å². The summed E-state index contributed by atoms with van der Waals surface area (Å²) in [5.41, 5.74) is -0.615. The van der Waals surface area contributed by atoms with E-state index >= 15 is 0 Å². The lowest BCUT2D eigenvalue weighted by Gasteiger charge is -2.38. The molecule has 23 heavy (non-hydrogen) atoms. The number of alkyl carbamates (subject to hydrolysis) is 1. The van der Waals surface area contributed by atoms with Gasteiger partial charge in [-0.3, -0.25) is 4.79 Å². The van der Waals surface area contributed by atoms with Gasteiger partial charge in [0.1, 0.15) is 5.60 Å². The van der Waals surface area contributed by atoms with Crippen molar-refractivity contribution in [3.63, 3.8) is 0 Å². The minimum atomic E-state index is -0.499. The van der Waals surface area contributed by atoms with Crippen LogP contribution in [0, 0.1) is 5.41 Å². The summed E-state index contributed by atoms with van der Waals surface area (Å²) in [6.07, 6.45) is 5.59. The highest BCUT2D eigenvalue weighted by atomic mass is 16.6. The highest BCUT2D eigenvalue weighted by Gasteiger charge is 2.36. The number of carbonyl (C=O) groups excluding carboxylic acids is 2. The van der Waals surface area contributed by atoms with E-state index in [4.69, 9.17) is 4.74 Å². The standard InChI is InChI=1S/C18H34N2O3/c1-6-20(7-2)15(21)13-18(11-9-8-10-12-18)14-19-16(22)23-17(3,4)5/h6-14H2,1-5H3,(H,19,22). The van der Waals surface area contributed by atoms with Gasteiger partial charge < -0.3 is 15.0 Å². The van der Waals surface area contributed by atoms with Crippen molar-refractivity contribution in [2.24, 2.45) is 5.41 Å². The average molecular weight is 326 g/mol. The first-order valence-corrected chi connectivity index (χ1v) is 8.96. The van der Waals surface area contributed by atoms with E-state index in [9.17, 15) is 9.59 Å². The van der Waals surface area contributed by atoms with Crippen LogP contribution < -0.4 is 5.32 Å². The van der Waals surface area contributed by atoms with Gasteiger partial charge in [0.05, 0.1) is 0 Å². The molecule has 5 heteroatoms. The third-order valence-electron chi connectivity index (χ3n) is 4.56. The fraction of sp³-hybridized carbons (Fsp3) is 0.889. The van der Waals surface area contributed by atoms with Crippen LogP contribution in [0.3, 0.4) is 0 Å². The molecule has 0 aromatic carbocycles. The molecule has 0 spiro atoms. The van der Waals surface area contributed by atoms with Gasteiger partial charge in [-0.2, -0.15) is 0 Å². The summed E-state index contributed by atoms with van der Waals surface area (Å²) in [4.78, 5) is 26.4. The molecule has 1 N–H and O–H groups in total. The smallest absolute Gasteiger partial charge is 0.407 e. The topological polar surface area (TPSA) is 58.6 Å².